The highest BCUT2D eigenvalue weighted by Gasteiger charge is 2.17. The fourth-order valence-corrected chi connectivity index (χ4v) is 2.00. The van der Waals surface area contributed by atoms with Gasteiger partial charge in [-0.15, -0.1) is 0 Å². The van der Waals surface area contributed by atoms with Crippen LogP contribution in [0.15, 0.2) is 36.4 Å². The Labute approximate surface area is 148 Å². The van der Waals surface area contributed by atoms with Crippen LogP contribution in [0.25, 0.3) is 0 Å². The van der Waals surface area contributed by atoms with Crippen LogP contribution in [0, 0.1) is 17.5 Å². The topological polar surface area (TPSA) is 67.4 Å². The van der Waals surface area contributed by atoms with Crippen molar-refractivity contribution in [1.29, 1.82) is 0 Å². The van der Waals surface area contributed by atoms with E-state index >= 15 is 0 Å². The van der Waals surface area contributed by atoms with Crippen molar-refractivity contribution in [2.75, 3.05) is 10.6 Å². The lowest BCUT2D eigenvalue weighted by Gasteiger charge is -2.19. The maximum absolute atomic E-state index is 13.9. The first-order valence-electron chi connectivity index (χ1n) is 7.60. The quantitative estimate of drug-likeness (QED) is 0.827. The molecule has 2 rings (SSSR count). The number of hydrogen-bond donors (Lipinski definition) is 2. The number of carbonyl (C=O) groups excluding carboxylic acids is 2. The third kappa shape index (κ3) is 5.51. The normalized spacial score (nSPS) is 11.0. The van der Waals surface area contributed by atoms with Crippen LogP contribution in [0.2, 0.25) is 0 Å². The Morgan fingerprint density at radius 2 is 1.54 bits per heavy atom. The van der Waals surface area contributed by atoms with Crippen molar-refractivity contribution in [3.05, 3.63) is 59.4 Å². The molecule has 0 unspecified atom stereocenters. The highest BCUT2D eigenvalue weighted by molar-refractivity contribution is 6.04. The summed E-state index contributed by atoms with van der Waals surface area (Å²) >= 11 is 0. The molecular formula is C18H17F3N2O3. The predicted octanol–water partition coefficient (Wildman–Crippen LogP) is 4.70. The minimum atomic E-state index is -0.934. The molecule has 0 spiro atoms. The van der Waals surface area contributed by atoms with Crippen molar-refractivity contribution in [3.63, 3.8) is 0 Å². The van der Waals surface area contributed by atoms with Gasteiger partial charge in [-0.25, -0.2) is 18.0 Å². The van der Waals surface area contributed by atoms with Crippen LogP contribution >= 0.6 is 0 Å². The smallest absolute Gasteiger partial charge is 0.412 e. The molecular weight excluding hydrogens is 349 g/mol. The summed E-state index contributed by atoms with van der Waals surface area (Å²) in [4.78, 5) is 23.8. The zero-order valence-electron chi connectivity index (χ0n) is 14.3. The van der Waals surface area contributed by atoms with Crippen molar-refractivity contribution in [2.45, 2.75) is 26.4 Å². The molecule has 0 aliphatic carbocycles. The summed E-state index contributed by atoms with van der Waals surface area (Å²) in [7, 11) is 0. The molecule has 0 saturated heterocycles. The van der Waals surface area contributed by atoms with Crippen LogP contribution in [-0.4, -0.2) is 17.6 Å². The highest BCUT2D eigenvalue weighted by Crippen LogP contribution is 2.21. The number of halogens is 3. The molecule has 0 saturated carbocycles. The minimum absolute atomic E-state index is 0.168. The molecule has 2 aromatic rings. The van der Waals surface area contributed by atoms with Gasteiger partial charge in [0.15, 0.2) is 0 Å². The lowest BCUT2D eigenvalue weighted by atomic mass is 10.2. The molecule has 0 radical (unpaired) electrons. The highest BCUT2D eigenvalue weighted by atomic mass is 19.1. The first-order chi connectivity index (χ1) is 12.0. The molecule has 5 nitrogen and oxygen atoms in total. The van der Waals surface area contributed by atoms with E-state index in [1.54, 1.807) is 20.8 Å². The summed E-state index contributed by atoms with van der Waals surface area (Å²) in [5.41, 5.74) is -1.13. The number of ether oxygens (including phenoxy) is 1. The molecule has 0 atom stereocenters. The van der Waals surface area contributed by atoms with Gasteiger partial charge in [0, 0.05) is 17.3 Å². The summed E-state index contributed by atoms with van der Waals surface area (Å²) in [6.07, 6.45) is -0.756. The molecule has 0 aliphatic heterocycles. The van der Waals surface area contributed by atoms with E-state index in [1.165, 1.54) is 6.07 Å². The number of benzene rings is 2. The second-order valence-electron chi connectivity index (χ2n) is 6.43. The number of rotatable bonds is 3. The predicted molar refractivity (Wildman–Crippen MR) is 90.6 cm³/mol. The average Bonchev–Trinajstić information content (AvgIpc) is 2.47. The minimum Gasteiger partial charge on any atom is -0.444 e. The molecule has 8 heteroatoms. The van der Waals surface area contributed by atoms with Crippen molar-refractivity contribution in [3.8, 4) is 0 Å². The maximum atomic E-state index is 13.9. The fraction of sp³-hybridized carbons (Fsp3) is 0.222. The molecule has 0 aromatic heterocycles. The van der Waals surface area contributed by atoms with Gasteiger partial charge < -0.3 is 10.1 Å². The summed E-state index contributed by atoms with van der Waals surface area (Å²) in [6.45, 7) is 5.04. The first kappa shape index (κ1) is 19.3. The van der Waals surface area contributed by atoms with E-state index in [0.717, 1.165) is 24.3 Å². The van der Waals surface area contributed by atoms with Gasteiger partial charge in [0.05, 0.1) is 5.69 Å². The summed E-state index contributed by atoms with van der Waals surface area (Å²) in [6, 6.07) is 5.71. The monoisotopic (exact) mass is 366 g/mol. The summed E-state index contributed by atoms with van der Waals surface area (Å²) in [5, 5.41) is 4.60. The van der Waals surface area contributed by atoms with E-state index in [0.29, 0.717) is 6.07 Å². The van der Waals surface area contributed by atoms with Crippen LogP contribution in [0.3, 0.4) is 0 Å². The van der Waals surface area contributed by atoms with E-state index in [2.05, 4.69) is 10.6 Å². The Balaban J connectivity index is 2.16. The lowest BCUT2D eigenvalue weighted by Crippen LogP contribution is -2.27. The van der Waals surface area contributed by atoms with E-state index < -0.39 is 35.1 Å². The molecule has 0 fully saturated rings. The van der Waals surface area contributed by atoms with Gasteiger partial charge in [-0.1, -0.05) is 0 Å². The third-order valence-electron chi connectivity index (χ3n) is 2.98. The molecule has 2 amide bonds. The lowest BCUT2D eigenvalue weighted by molar-refractivity contribution is 0.0635. The third-order valence-corrected chi connectivity index (χ3v) is 2.98. The van der Waals surface area contributed by atoms with Crippen molar-refractivity contribution in [1.82, 2.24) is 0 Å². The SMILES string of the molecule is CC(C)(C)OC(=O)Nc1ccc(F)c(NC(=O)c2cc(F)cc(F)c2)c1. The Morgan fingerprint density at radius 1 is 0.923 bits per heavy atom. The van der Waals surface area contributed by atoms with Gasteiger partial charge in [-0.05, 0) is 51.1 Å². The van der Waals surface area contributed by atoms with E-state index in [1.807, 2.05) is 0 Å². The average molecular weight is 366 g/mol. The maximum Gasteiger partial charge on any atom is 0.412 e. The van der Waals surface area contributed by atoms with Crippen LogP contribution in [0.5, 0.6) is 0 Å². The van der Waals surface area contributed by atoms with Gasteiger partial charge in [0.25, 0.3) is 5.91 Å². The molecule has 0 bridgehead atoms. The Kier molecular flexibility index (Phi) is 5.54. The van der Waals surface area contributed by atoms with Crippen LogP contribution in [0.4, 0.5) is 29.3 Å². The van der Waals surface area contributed by atoms with Crippen LogP contribution in [0.1, 0.15) is 31.1 Å². The number of hydrogen-bond acceptors (Lipinski definition) is 3. The fourth-order valence-electron chi connectivity index (χ4n) is 2.00. The Bertz CT molecular complexity index is 828. The zero-order chi connectivity index (χ0) is 19.5. The second-order valence-corrected chi connectivity index (χ2v) is 6.43. The number of carbonyl (C=O) groups is 2. The summed E-state index contributed by atoms with van der Waals surface area (Å²) < 4.78 is 45.4. The first-order valence-corrected chi connectivity index (χ1v) is 7.60. The van der Waals surface area contributed by atoms with Crippen LogP contribution in [-0.2, 0) is 4.74 Å². The van der Waals surface area contributed by atoms with Gasteiger partial charge in [0.1, 0.15) is 23.1 Å². The number of anilines is 2. The van der Waals surface area contributed by atoms with Gasteiger partial charge in [-0.3, -0.25) is 10.1 Å². The van der Waals surface area contributed by atoms with E-state index in [9.17, 15) is 22.8 Å². The number of nitrogens with one attached hydrogen (secondary N) is 2. The van der Waals surface area contributed by atoms with Gasteiger partial charge in [-0.2, -0.15) is 0 Å². The summed E-state index contributed by atoms with van der Waals surface area (Å²) in [5.74, 6) is -3.56. The van der Waals surface area contributed by atoms with E-state index in [-0.39, 0.29) is 16.9 Å². The Morgan fingerprint density at radius 3 is 2.12 bits per heavy atom. The van der Waals surface area contributed by atoms with Crippen molar-refractivity contribution < 1.29 is 27.5 Å². The van der Waals surface area contributed by atoms with Crippen molar-refractivity contribution in [2.24, 2.45) is 0 Å². The van der Waals surface area contributed by atoms with Gasteiger partial charge in [0.2, 0.25) is 0 Å². The van der Waals surface area contributed by atoms with Gasteiger partial charge >= 0.3 is 6.09 Å². The molecule has 0 aliphatic rings. The Hall–Kier alpha value is -3.03. The molecule has 0 heterocycles. The van der Waals surface area contributed by atoms with Crippen molar-refractivity contribution >= 4 is 23.4 Å². The molecule has 2 aromatic carbocycles. The molecule has 2 N–H and O–H groups in total. The zero-order valence-corrected chi connectivity index (χ0v) is 14.3. The molecule has 138 valence electrons. The number of amides is 2. The largest absolute Gasteiger partial charge is 0.444 e. The molecule has 26 heavy (non-hydrogen) atoms. The van der Waals surface area contributed by atoms with Crippen LogP contribution < -0.4 is 10.6 Å². The van der Waals surface area contributed by atoms with E-state index in [4.69, 9.17) is 4.74 Å². The standard InChI is InChI=1S/C18H17F3N2O3/c1-18(2,3)26-17(25)22-13-4-5-14(21)15(9-13)23-16(24)10-6-11(19)8-12(20)7-10/h4-9H,1-3H3,(H,22,25)(H,23,24). The second kappa shape index (κ2) is 7.47.